The summed E-state index contributed by atoms with van der Waals surface area (Å²) >= 11 is 1.09. The van der Waals surface area contributed by atoms with Crippen LogP contribution in [0.15, 0.2) is 5.38 Å². The molecule has 1 rings (SSSR count). The Morgan fingerprint density at radius 1 is 1.56 bits per heavy atom. The monoisotopic (exact) mass is 269 g/mol. The summed E-state index contributed by atoms with van der Waals surface area (Å²) in [6, 6.07) is 0. The molecule has 1 aromatic heterocycles. The van der Waals surface area contributed by atoms with Gasteiger partial charge in [-0.05, 0) is 6.92 Å². The molecule has 0 aliphatic carbocycles. The number of ether oxygens (including phenoxy) is 2. The fourth-order valence-corrected chi connectivity index (χ4v) is 1.75. The lowest BCUT2D eigenvalue weighted by Crippen LogP contribution is -2.13. The first-order valence-corrected chi connectivity index (χ1v) is 5.95. The van der Waals surface area contributed by atoms with Gasteiger partial charge in [0.1, 0.15) is 0 Å². The van der Waals surface area contributed by atoms with Crippen molar-refractivity contribution in [2.75, 3.05) is 6.61 Å². The number of hydrogen-bond acceptors (Lipinski definition) is 6. The molecule has 0 fully saturated rings. The lowest BCUT2D eigenvalue weighted by atomic mass is 10.3. The fourth-order valence-electron chi connectivity index (χ4n) is 1.04. The van der Waals surface area contributed by atoms with Crippen molar-refractivity contribution in [1.29, 1.82) is 0 Å². The van der Waals surface area contributed by atoms with E-state index in [2.05, 4.69) is 14.5 Å². The average molecular weight is 269 g/mol. The van der Waals surface area contributed by atoms with E-state index in [1.54, 1.807) is 12.3 Å². The lowest BCUT2D eigenvalue weighted by Gasteiger charge is -1.96. The molecule has 8 heteroatoms. The molecular weight excluding hydrogens is 258 g/mol. The Kier molecular flexibility index (Phi) is 5.16. The summed E-state index contributed by atoms with van der Waals surface area (Å²) in [5.41, 5.74) is 8.72. The Morgan fingerprint density at radius 2 is 2.28 bits per heavy atom. The number of rotatable bonds is 4. The van der Waals surface area contributed by atoms with Crippen molar-refractivity contribution in [3.05, 3.63) is 21.6 Å². The van der Waals surface area contributed by atoms with Gasteiger partial charge in [0.15, 0.2) is 0 Å². The molecule has 1 aromatic rings. The van der Waals surface area contributed by atoms with E-state index in [1.807, 2.05) is 0 Å². The molecule has 0 radical (unpaired) electrons. The van der Waals surface area contributed by atoms with Gasteiger partial charge in [0.05, 0.1) is 25.6 Å². The molecule has 0 aromatic carbocycles. The summed E-state index contributed by atoms with van der Waals surface area (Å²) in [7, 11) is 0. The Hall–Kier alpha value is -2.05. The van der Waals surface area contributed by atoms with E-state index in [-0.39, 0.29) is 23.9 Å². The Morgan fingerprint density at radius 3 is 2.89 bits per heavy atom. The molecule has 1 heterocycles. The van der Waals surface area contributed by atoms with Crippen molar-refractivity contribution in [3.63, 3.8) is 0 Å². The topological polar surface area (TPSA) is 102 Å². The standard InChI is InChI=1S/C10H11N3O4S/c1-3-16-10(15)9-12-7(5-18-9)4-8(14)17-6(2)13-11/h5H,3-4H2,1-2H3. The highest BCUT2D eigenvalue weighted by Crippen LogP contribution is 2.12. The van der Waals surface area contributed by atoms with Crippen molar-refractivity contribution >= 4 is 29.2 Å². The molecule has 96 valence electrons. The Bertz CT molecular complexity index is 505. The van der Waals surface area contributed by atoms with Gasteiger partial charge in [-0.15, -0.1) is 16.1 Å². The predicted octanol–water partition coefficient (Wildman–Crippen LogP) is 1.05. The second-order valence-corrected chi connectivity index (χ2v) is 3.99. The van der Waals surface area contributed by atoms with Crippen molar-refractivity contribution in [1.82, 2.24) is 4.98 Å². The predicted molar refractivity (Wildman–Crippen MR) is 62.2 cm³/mol. The number of esters is 2. The molecule has 7 nitrogen and oxygen atoms in total. The van der Waals surface area contributed by atoms with Crippen LogP contribution in [0.5, 0.6) is 0 Å². The number of hydrogen-bond donors (Lipinski definition) is 0. The highest BCUT2D eigenvalue weighted by Gasteiger charge is 2.16. The third-order valence-electron chi connectivity index (χ3n) is 1.73. The van der Waals surface area contributed by atoms with Gasteiger partial charge in [0.2, 0.25) is 5.01 Å². The van der Waals surface area contributed by atoms with E-state index in [4.69, 9.17) is 10.3 Å². The second-order valence-electron chi connectivity index (χ2n) is 3.13. The third kappa shape index (κ3) is 4.08. The molecular formula is C10H11N3O4S. The summed E-state index contributed by atoms with van der Waals surface area (Å²) in [4.78, 5) is 29.3. The smallest absolute Gasteiger partial charge is 0.454 e. The quantitative estimate of drug-likeness (QED) is 0.267. The van der Waals surface area contributed by atoms with Crippen LogP contribution in [-0.4, -0.2) is 34.2 Å². The van der Waals surface area contributed by atoms with Gasteiger partial charge in [0.25, 0.3) is 0 Å². The van der Waals surface area contributed by atoms with Crippen LogP contribution >= 0.6 is 11.3 Å². The van der Waals surface area contributed by atoms with E-state index >= 15 is 0 Å². The Balaban J connectivity index is 2.61. The van der Waals surface area contributed by atoms with Crippen LogP contribution < -0.4 is 0 Å². The number of carbonyl (C=O) groups excluding carboxylic acids is 2. The molecule has 0 aliphatic rings. The van der Waals surface area contributed by atoms with Crippen molar-refractivity contribution in [2.24, 2.45) is 0 Å². The fraction of sp³-hybridized carbons (Fsp3) is 0.400. The summed E-state index contributed by atoms with van der Waals surface area (Å²) in [6.07, 6.45) is -0.108. The number of thiazole rings is 1. The second kappa shape index (κ2) is 6.63. The van der Waals surface area contributed by atoms with Crippen LogP contribution in [0.3, 0.4) is 0 Å². The highest BCUT2D eigenvalue weighted by molar-refractivity contribution is 7.11. The van der Waals surface area contributed by atoms with E-state index < -0.39 is 11.9 Å². The zero-order valence-electron chi connectivity index (χ0n) is 9.87. The SMILES string of the molecule is CCOC(=O)c1nc(CC(=O)OC(C)=[N+]=[N-])cs1. The van der Waals surface area contributed by atoms with Crippen LogP contribution in [0.2, 0.25) is 0 Å². The molecule has 0 amide bonds. The maximum atomic E-state index is 11.3. The normalized spacial score (nSPS) is 9.44. The van der Waals surface area contributed by atoms with Gasteiger partial charge in [-0.25, -0.2) is 9.78 Å². The van der Waals surface area contributed by atoms with Crippen LogP contribution in [0.1, 0.15) is 29.3 Å². The summed E-state index contributed by atoms with van der Waals surface area (Å²) in [5, 5.41) is 1.76. The number of aromatic nitrogens is 1. The zero-order chi connectivity index (χ0) is 13.5. The van der Waals surface area contributed by atoms with Gasteiger partial charge < -0.3 is 15.0 Å². The van der Waals surface area contributed by atoms with Crippen molar-refractivity contribution in [2.45, 2.75) is 20.3 Å². The summed E-state index contributed by atoms with van der Waals surface area (Å²) in [5.74, 6) is -1.29. The van der Waals surface area contributed by atoms with Crippen LogP contribution in [0.4, 0.5) is 0 Å². The average Bonchev–Trinajstić information content (AvgIpc) is 2.77. The minimum absolute atomic E-state index is 0.108. The van der Waals surface area contributed by atoms with Crippen LogP contribution in [0.25, 0.3) is 5.53 Å². The number of carbonyl (C=O) groups is 2. The minimum atomic E-state index is -0.619. The van der Waals surface area contributed by atoms with Crippen molar-refractivity contribution < 1.29 is 23.9 Å². The van der Waals surface area contributed by atoms with Crippen molar-refractivity contribution in [3.8, 4) is 0 Å². The van der Waals surface area contributed by atoms with Gasteiger partial charge in [-0.1, -0.05) is 0 Å². The van der Waals surface area contributed by atoms with E-state index in [0.717, 1.165) is 11.3 Å². The Labute approximate surface area is 107 Å². The maximum Gasteiger partial charge on any atom is 0.454 e. The molecule has 18 heavy (non-hydrogen) atoms. The molecule has 0 saturated carbocycles. The number of nitrogens with zero attached hydrogens (tertiary/aromatic N) is 3. The summed E-state index contributed by atoms with van der Waals surface area (Å²) in [6.45, 7) is 3.30. The van der Waals surface area contributed by atoms with Gasteiger partial charge in [0, 0.05) is 5.38 Å². The molecule has 0 bridgehead atoms. The lowest BCUT2D eigenvalue weighted by molar-refractivity contribution is -0.139. The van der Waals surface area contributed by atoms with Gasteiger partial charge >= 0.3 is 17.8 Å². The molecule has 0 atom stereocenters. The highest BCUT2D eigenvalue weighted by atomic mass is 32.1. The first-order chi connectivity index (χ1) is 8.56. The van der Waals surface area contributed by atoms with Crippen LogP contribution in [0, 0.1) is 0 Å². The first kappa shape index (κ1) is 14.0. The van der Waals surface area contributed by atoms with Crippen LogP contribution in [-0.2, 0) is 20.7 Å². The maximum absolute atomic E-state index is 11.3. The largest absolute Gasteiger partial charge is 0.461 e. The van der Waals surface area contributed by atoms with E-state index in [1.165, 1.54) is 6.92 Å². The molecule has 0 spiro atoms. The van der Waals surface area contributed by atoms with Gasteiger partial charge in [-0.3, -0.25) is 4.79 Å². The van der Waals surface area contributed by atoms with Gasteiger partial charge in [-0.2, -0.15) is 0 Å². The molecule has 0 aliphatic heterocycles. The first-order valence-electron chi connectivity index (χ1n) is 5.07. The molecule has 0 saturated heterocycles. The van der Waals surface area contributed by atoms with E-state index in [0.29, 0.717) is 5.69 Å². The molecule has 0 N–H and O–H groups in total. The zero-order valence-corrected chi connectivity index (χ0v) is 10.7. The summed E-state index contributed by atoms with van der Waals surface area (Å²) < 4.78 is 9.40. The van der Waals surface area contributed by atoms with E-state index in [9.17, 15) is 9.59 Å². The molecule has 0 unspecified atom stereocenters. The third-order valence-corrected chi connectivity index (χ3v) is 2.60. The minimum Gasteiger partial charge on any atom is -0.461 e.